The number of anilines is 1. The van der Waals surface area contributed by atoms with Gasteiger partial charge in [-0.3, -0.25) is 10.2 Å². The van der Waals surface area contributed by atoms with Crippen LogP contribution in [0.5, 0.6) is 0 Å². The number of hydrazone groups is 1. The smallest absolute Gasteiger partial charge is 0.311 e. The molecule has 1 fully saturated rings. The van der Waals surface area contributed by atoms with Gasteiger partial charge < -0.3 is 4.74 Å². The highest BCUT2D eigenvalue weighted by Gasteiger charge is 2.17. The van der Waals surface area contributed by atoms with Gasteiger partial charge in [0.05, 0.1) is 6.42 Å². The molecule has 0 atom stereocenters. The Hall–Kier alpha value is -1.69. The van der Waals surface area contributed by atoms with Crippen LogP contribution in [0.25, 0.3) is 0 Å². The largest absolute Gasteiger partial charge is 0.462 e. The number of aromatic nitrogens is 2. The van der Waals surface area contributed by atoms with Gasteiger partial charge in [0.1, 0.15) is 6.10 Å². The second-order valence-corrected chi connectivity index (χ2v) is 5.51. The highest BCUT2D eigenvalue weighted by atomic mass is 35.5. The summed E-state index contributed by atoms with van der Waals surface area (Å²) in [5.41, 5.74) is 3.36. The molecule has 1 aromatic rings. The predicted octanol–water partition coefficient (Wildman–Crippen LogP) is 3.18. The zero-order chi connectivity index (χ0) is 15.1. The van der Waals surface area contributed by atoms with E-state index in [0.717, 1.165) is 25.7 Å². The second-order valence-electron chi connectivity index (χ2n) is 5.13. The predicted molar refractivity (Wildman–Crippen MR) is 81.4 cm³/mol. The first-order valence-corrected chi connectivity index (χ1v) is 7.49. The summed E-state index contributed by atoms with van der Waals surface area (Å²) in [5.74, 6) is 0.242. The molecule has 0 spiro atoms. The normalized spacial score (nSPS) is 16.6. The summed E-state index contributed by atoms with van der Waals surface area (Å²) in [7, 11) is 0. The fraction of sp³-hybridized carbons (Fsp3) is 0.571. The molecule has 1 aromatic heterocycles. The van der Waals surface area contributed by atoms with Crippen LogP contribution in [0.15, 0.2) is 17.2 Å². The van der Waals surface area contributed by atoms with E-state index >= 15 is 0 Å². The minimum Gasteiger partial charge on any atom is -0.462 e. The zero-order valence-electron chi connectivity index (χ0n) is 12.0. The molecule has 114 valence electrons. The Morgan fingerprint density at radius 3 is 2.81 bits per heavy atom. The molecule has 7 heteroatoms. The van der Waals surface area contributed by atoms with Gasteiger partial charge in [0.25, 0.3) is 0 Å². The minimum atomic E-state index is -0.229. The molecule has 0 saturated heterocycles. The number of hydrogen-bond acceptors (Lipinski definition) is 6. The van der Waals surface area contributed by atoms with Crippen molar-refractivity contribution in [2.24, 2.45) is 5.10 Å². The summed E-state index contributed by atoms with van der Waals surface area (Å²) < 4.78 is 5.44. The Morgan fingerprint density at radius 1 is 1.38 bits per heavy atom. The van der Waals surface area contributed by atoms with Gasteiger partial charge in [-0.1, -0.05) is 18.0 Å². The molecule has 21 heavy (non-hydrogen) atoms. The van der Waals surface area contributed by atoms with Crippen molar-refractivity contribution in [1.29, 1.82) is 0 Å². The third kappa shape index (κ3) is 5.67. The summed E-state index contributed by atoms with van der Waals surface area (Å²) >= 11 is 5.64. The van der Waals surface area contributed by atoms with Crippen LogP contribution < -0.4 is 5.43 Å². The van der Waals surface area contributed by atoms with Crippen molar-refractivity contribution < 1.29 is 9.53 Å². The Balaban J connectivity index is 1.76. The van der Waals surface area contributed by atoms with Crippen LogP contribution in [-0.2, 0) is 9.53 Å². The summed E-state index contributed by atoms with van der Waals surface area (Å²) in [6, 6.07) is 3.27. The summed E-state index contributed by atoms with van der Waals surface area (Å²) in [4.78, 5) is 11.8. The van der Waals surface area contributed by atoms with Crippen molar-refractivity contribution >= 4 is 29.1 Å². The Morgan fingerprint density at radius 2 is 2.14 bits per heavy atom. The monoisotopic (exact) mass is 310 g/mol. The van der Waals surface area contributed by atoms with Crippen LogP contribution in [-0.4, -0.2) is 28.0 Å². The standard InChI is InChI=1S/C14H19ClN4O2/c1-10(16-18-13-8-7-12(15)17-19-13)9-14(20)21-11-5-3-2-4-6-11/h7-8,11H,2-6,9H2,1H3,(H,18,19)/b16-10+. The van der Waals surface area contributed by atoms with Gasteiger partial charge in [-0.25, -0.2) is 0 Å². The number of nitrogens with one attached hydrogen (secondary N) is 1. The maximum atomic E-state index is 11.8. The lowest BCUT2D eigenvalue weighted by Gasteiger charge is -2.21. The van der Waals surface area contributed by atoms with E-state index in [1.807, 2.05) is 0 Å². The number of halogens is 1. The minimum absolute atomic E-state index is 0.0779. The SMILES string of the molecule is C/C(CC(=O)OC1CCCCC1)=N\Nc1ccc(Cl)nn1. The first-order valence-electron chi connectivity index (χ1n) is 7.11. The van der Waals surface area contributed by atoms with Crippen molar-refractivity contribution in [3.63, 3.8) is 0 Å². The van der Waals surface area contributed by atoms with Gasteiger partial charge in [-0.05, 0) is 44.7 Å². The topological polar surface area (TPSA) is 76.5 Å². The van der Waals surface area contributed by atoms with E-state index in [4.69, 9.17) is 16.3 Å². The van der Waals surface area contributed by atoms with Gasteiger partial charge in [-0.15, -0.1) is 10.2 Å². The maximum Gasteiger partial charge on any atom is 0.311 e. The van der Waals surface area contributed by atoms with Crippen molar-refractivity contribution in [1.82, 2.24) is 10.2 Å². The maximum absolute atomic E-state index is 11.8. The number of hydrogen-bond donors (Lipinski definition) is 1. The molecule has 1 aliphatic rings. The fourth-order valence-electron chi connectivity index (χ4n) is 2.19. The van der Waals surface area contributed by atoms with Crippen molar-refractivity contribution in [2.75, 3.05) is 5.43 Å². The Kier molecular flexibility index (Phi) is 5.92. The molecule has 0 unspecified atom stereocenters. The average Bonchev–Trinajstić information content (AvgIpc) is 2.47. The van der Waals surface area contributed by atoms with E-state index < -0.39 is 0 Å². The van der Waals surface area contributed by atoms with Crippen molar-refractivity contribution in [2.45, 2.75) is 51.6 Å². The van der Waals surface area contributed by atoms with Crippen molar-refractivity contribution in [3.05, 3.63) is 17.3 Å². The van der Waals surface area contributed by atoms with Gasteiger partial charge in [0, 0.05) is 5.71 Å². The molecule has 1 saturated carbocycles. The lowest BCUT2D eigenvalue weighted by molar-refractivity contribution is -0.148. The van der Waals surface area contributed by atoms with E-state index in [-0.39, 0.29) is 18.5 Å². The first-order chi connectivity index (χ1) is 10.1. The molecule has 6 nitrogen and oxygen atoms in total. The highest BCUT2D eigenvalue weighted by Crippen LogP contribution is 2.20. The molecule has 0 radical (unpaired) electrons. The Labute approximate surface area is 128 Å². The van der Waals surface area contributed by atoms with Crippen molar-refractivity contribution in [3.8, 4) is 0 Å². The molecule has 2 rings (SSSR count). The molecule has 0 amide bonds. The van der Waals surface area contributed by atoms with E-state index in [9.17, 15) is 4.79 Å². The van der Waals surface area contributed by atoms with Gasteiger partial charge in [0.15, 0.2) is 11.0 Å². The molecular weight excluding hydrogens is 292 g/mol. The van der Waals surface area contributed by atoms with Gasteiger partial charge in [-0.2, -0.15) is 5.10 Å². The van der Waals surface area contributed by atoms with Crippen LogP contribution in [0, 0.1) is 0 Å². The number of carbonyl (C=O) groups is 1. The van der Waals surface area contributed by atoms with E-state index in [2.05, 4.69) is 20.7 Å². The molecular formula is C14H19ClN4O2. The van der Waals surface area contributed by atoms with Crippen LogP contribution in [0.1, 0.15) is 45.4 Å². The number of rotatable bonds is 5. The number of ether oxygens (including phenoxy) is 1. The van der Waals surface area contributed by atoms with Crippen LogP contribution >= 0.6 is 11.6 Å². The third-order valence-electron chi connectivity index (χ3n) is 3.24. The van der Waals surface area contributed by atoms with Gasteiger partial charge in [0.2, 0.25) is 0 Å². The van der Waals surface area contributed by atoms with Crippen LogP contribution in [0.3, 0.4) is 0 Å². The zero-order valence-corrected chi connectivity index (χ0v) is 12.8. The number of nitrogens with zero attached hydrogens (tertiary/aromatic N) is 3. The highest BCUT2D eigenvalue weighted by molar-refractivity contribution is 6.29. The quantitative estimate of drug-likeness (QED) is 0.513. The van der Waals surface area contributed by atoms with E-state index in [0.29, 0.717) is 16.7 Å². The third-order valence-corrected chi connectivity index (χ3v) is 3.45. The Bertz CT molecular complexity index is 498. The lowest BCUT2D eigenvalue weighted by Crippen LogP contribution is -2.22. The second kappa shape index (κ2) is 7.93. The molecule has 0 aliphatic heterocycles. The van der Waals surface area contributed by atoms with E-state index in [1.54, 1.807) is 19.1 Å². The van der Waals surface area contributed by atoms with Crippen LogP contribution in [0.4, 0.5) is 5.82 Å². The average molecular weight is 311 g/mol. The summed E-state index contributed by atoms with van der Waals surface area (Å²) in [6.07, 6.45) is 5.71. The van der Waals surface area contributed by atoms with E-state index in [1.165, 1.54) is 6.42 Å². The number of carbonyl (C=O) groups excluding carboxylic acids is 1. The molecule has 1 N–H and O–H groups in total. The fourth-order valence-corrected chi connectivity index (χ4v) is 2.29. The lowest BCUT2D eigenvalue weighted by atomic mass is 9.98. The van der Waals surface area contributed by atoms with Gasteiger partial charge >= 0.3 is 5.97 Å². The first kappa shape index (κ1) is 15.7. The molecule has 1 heterocycles. The molecule has 0 aromatic carbocycles. The molecule has 1 aliphatic carbocycles. The number of esters is 1. The molecule has 0 bridgehead atoms. The van der Waals surface area contributed by atoms with Crippen LogP contribution in [0.2, 0.25) is 5.15 Å². The summed E-state index contributed by atoms with van der Waals surface area (Å²) in [5, 5.41) is 11.9. The summed E-state index contributed by atoms with van der Waals surface area (Å²) in [6.45, 7) is 1.76.